The highest BCUT2D eigenvalue weighted by Gasteiger charge is 2.65. The molecule has 0 radical (unpaired) electrons. The van der Waals surface area contributed by atoms with Gasteiger partial charge < -0.3 is 11.1 Å². The van der Waals surface area contributed by atoms with Gasteiger partial charge in [-0.25, -0.2) is 13.1 Å². The predicted octanol–water partition coefficient (Wildman–Crippen LogP) is 2.41. The Hall–Kier alpha value is -1.27. The molecule has 2 rings (SSSR count). The van der Waals surface area contributed by atoms with Crippen LogP contribution in [0.2, 0.25) is 0 Å². The van der Waals surface area contributed by atoms with Gasteiger partial charge in [-0.2, -0.15) is 0 Å². The summed E-state index contributed by atoms with van der Waals surface area (Å²) in [6.07, 6.45) is 0. The SMILES string of the molecule is CCNS(=O)(=O)c1ccc(N)c(NC2C(C)(C)C2(C)C)c1. The Morgan fingerprint density at radius 1 is 1.19 bits per heavy atom. The van der Waals surface area contributed by atoms with E-state index in [0.717, 1.165) is 0 Å². The smallest absolute Gasteiger partial charge is 0.240 e. The Bertz CT molecular complexity index is 637. The fourth-order valence-corrected chi connectivity index (χ4v) is 3.88. The van der Waals surface area contributed by atoms with Crippen LogP contribution in [0.5, 0.6) is 0 Å². The monoisotopic (exact) mass is 311 g/mol. The van der Waals surface area contributed by atoms with E-state index in [0.29, 0.717) is 17.9 Å². The Kier molecular flexibility index (Phi) is 3.74. The molecule has 5 nitrogen and oxygen atoms in total. The van der Waals surface area contributed by atoms with Gasteiger partial charge in [0.1, 0.15) is 0 Å². The maximum absolute atomic E-state index is 12.1. The summed E-state index contributed by atoms with van der Waals surface area (Å²) in [5.41, 5.74) is 7.52. The van der Waals surface area contributed by atoms with Crippen molar-refractivity contribution < 1.29 is 8.42 Å². The average molecular weight is 311 g/mol. The number of rotatable bonds is 5. The normalized spacial score (nSPS) is 20.2. The van der Waals surface area contributed by atoms with Crippen molar-refractivity contribution in [2.24, 2.45) is 10.8 Å². The summed E-state index contributed by atoms with van der Waals surface area (Å²) < 4.78 is 26.6. The molecular formula is C15H25N3O2S. The van der Waals surface area contributed by atoms with E-state index >= 15 is 0 Å². The van der Waals surface area contributed by atoms with Crippen LogP contribution in [-0.2, 0) is 10.0 Å². The van der Waals surface area contributed by atoms with E-state index in [2.05, 4.69) is 37.7 Å². The minimum absolute atomic E-state index is 0.149. The first-order valence-electron chi connectivity index (χ1n) is 7.19. The first-order chi connectivity index (χ1) is 9.54. The van der Waals surface area contributed by atoms with Crippen molar-refractivity contribution >= 4 is 21.4 Å². The molecule has 0 heterocycles. The molecule has 1 saturated carbocycles. The van der Waals surface area contributed by atoms with Crippen molar-refractivity contribution in [1.82, 2.24) is 4.72 Å². The van der Waals surface area contributed by atoms with Crippen LogP contribution in [0.4, 0.5) is 11.4 Å². The zero-order chi connectivity index (χ0) is 16.1. The molecule has 0 atom stereocenters. The summed E-state index contributed by atoms with van der Waals surface area (Å²) in [5, 5.41) is 3.40. The first-order valence-corrected chi connectivity index (χ1v) is 8.68. The van der Waals surface area contributed by atoms with Gasteiger partial charge in [-0.1, -0.05) is 34.6 Å². The van der Waals surface area contributed by atoms with Gasteiger partial charge >= 0.3 is 0 Å². The van der Waals surface area contributed by atoms with E-state index in [9.17, 15) is 8.42 Å². The zero-order valence-corrected chi connectivity index (χ0v) is 14.1. The van der Waals surface area contributed by atoms with E-state index in [1.807, 2.05) is 0 Å². The maximum atomic E-state index is 12.1. The third-order valence-electron chi connectivity index (χ3n) is 4.99. The number of sulfonamides is 1. The van der Waals surface area contributed by atoms with E-state index in [-0.39, 0.29) is 21.8 Å². The molecule has 0 saturated heterocycles. The quantitative estimate of drug-likeness (QED) is 0.729. The molecule has 1 aromatic rings. The fraction of sp³-hybridized carbons (Fsp3) is 0.600. The minimum Gasteiger partial charge on any atom is -0.397 e. The molecule has 0 spiro atoms. The molecule has 1 aliphatic carbocycles. The van der Waals surface area contributed by atoms with Crippen molar-refractivity contribution in [3.63, 3.8) is 0 Å². The van der Waals surface area contributed by atoms with Crippen LogP contribution in [0.3, 0.4) is 0 Å². The lowest BCUT2D eigenvalue weighted by Gasteiger charge is -2.13. The zero-order valence-electron chi connectivity index (χ0n) is 13.3. The van der Waals surface area contributed by atoms with Crippen molar-refractivity contribution in [2.45, 2.75) is 45.6 Å². The third kappa shape index (κ3) is 2.62. The molecule has 21 heavy (non-hydrogen) atoms. The van der Waals surface area contributed by atoms with Gasteiger partial charge in [0, 0.05) is 12.6 Å². The molecule has 0 aromatic heterocycles. The molecule has 118 valence electrons. The van der Waals surface area contributed by atoms with Gasteiger partial charge in [0.25, 0.3) is 0 Å². The molecular weight excluding hydrogens is 286 g/mol. The molecule has 0 unspecified atom stereocenters. The number of anilines is 2. The Morgan fingerprint density at radius 2 is 1.76 bits per heavy atom. The van der Waals surface area contributed by atoms with Crippen LogP contribution in [0.1, 0.15) is 34.6 Å². The first kappa shape index (κ1) is 16.1. The lowest BCUT2D eigenvalue weighted by atomic mass is 10.0. The highest BCUT2D eigenvalue weighted by Crippen LogP contribution is 2.63. The highest BCUT2D eigenvalue weighted by atomic mass is 32.2. The molecule has 0 aliphatic heterocycles. The molecule has 0 bridgehead atoms. The second kappa shape index (κ2) is 4.88. The van der Waals surface area contributed by atoms with E-state index < -0.39 is 10.0 Å². The van der Waals surface area contributed by atoms with Crippen LogP contribution in [0.15, 0.2) is 23.1 Å². The largest absolute Gasteiger partial charge is 0.397 e. The second-order valence-corrected chi connectivity index (χ2v) is 8.54. The summed E-state index contributed by atoms with van der Waals surface area (Å²) >= 11 is 0. The summed E-state index contributed by atoms with van der Waals surface area (Å²) in [4.78, 5) is 0.234. The second-order valence-electron chi connectivity index (χ2n) is 6.77. The van der Waals surface area contributed by atoms with Gasteiger partial charge in [0.2, 0.25) is 10.0 Å². The van der Waals surface area contributed by atoms with Gasteiger partial charge in [0.05, 0.1) is 16.3 Å². The fourth-order valence-electron chi connectivity index (χ4n) is 2.81. The number of nitrogen functional groups attached to an aromatic ring is 1. The van der Waals surface area contributed by atoms with Crippen LogP contribution in [-0.4, -0.2) is 21.0 Å². The van der Waals surface area contributed by atoms with Crippen molar-refractivity contribution in [2.75, 3.05) is 17.6 Å². The van der Waals surface area contributed by atoms with Gasteiger partial charge in [-0.15, -0.1) is 0 Å². The Morgan fingerprint density at radius 3 is 2.24 bits per heavy atom. The van der Waals surface area contributed by atoms with Gasteiger partial charge in [-0.3, -0.25) is 0 Å². The van der Waals surface area contributed by atoms with Crippen LogP contribution >= 0.6 is 0 Å². The van der Waals surface area contributed by atoms with Gasteiger partial charge in [-0.05, 0) is 29.0 Å². The van der Waals surface area contributed by atoms with Crippen LogP contribution in [0, 0.1) is 10.8 Å². The molecule has 4 N–H and O–H groups in total. The van der Waals surface area contributed by atoms with Gasteiger partial charge in [0.15, 0.2) is 0 Å². The minimum atomic E-state index is -3.47. The predicted molar refractivity (Wildman–Crippen MR) is 86.7 cm³/mol. The summed E-state index contributed by atoms with van der Waals surface area (Å²) in [5.74, 6) is 0. The third-order valence-corrected chi connectivity index (χ3v) is 6.53. The van der Waals surface area contributed by atoms with Crippen molar-refractivity contribution in [3.05, 3.63) is 18.2 Å². The lowest BCUT2D eigenvalue weighted by Crippen LogP contribution is -2.23. The molecule has 1 fully saturated rings. The summed E-state index contributed by atoms with van der Waals surface area (Å²) in [6, 6.07) is 5.04. The number of nitrogens with two attached hydrogens (primary N) is 1. The molecule has 1 aromatic carbocycles. The lowest BCUT2D eigenvalue weighted by molar-refractivity contribution is 0.457. The topological polar surface area (TPSA) is 84.2 Å². The van der Waals surface area contributed by atoms with E-state index in [4.69, 9.17) is 5.73 Å². The van der Waals surface area contributed by atoms with Crippen molar-refractivity contribution in [3.8, 4) is 0 Å². The number of hydrogen-bond acceptors (Lipinski definition) is 4. The number of nitrogens with one attached hydrogen (secondary N) is 2. The number of hydrogen-bond donors (Lipinski definition) is 3. The summed E-state index contributed by atoms with van der Waals surface area (Å²) in [6.45, 7) is 10.9. The van der Waals surface area contributed by atoms with E-state index in [1.165, 1.54) is 6.07 Å². The highest BCUT2D eigenvalue weighted by molar-refractivity contribution is 7.89. The van der Waals surface area contributed by atoms with Crippen LogP contribution < -0.4 is 15.8 Å². The van der Waals surface area contributed by atoms with Crippen LogP contribution in [0.25, 0.3) is 0 Å². The summed E-state index contributed by atoms with van der Waals surface area (Å²) in [7, 11) is -3.47. The number of benzene rings is 1. The van der Waals surface area contributed by atoms with E-state index in [1.54, 1.807) is 19.1 Å². The Balaban J connectivity index is 2.30. The molecule has 0 amide bonds. The standard InChI is InChI=1S/C15H25N3O2S/c1-6-17-21(19,20)10-7-8-11(16)12(9-10)18-13-14(2,3)15(13,4)5/h7-9,13,17-18H,6,16H2,1-5H3. The molecule has 6 heteroatoms. The molecule has 1 aliphatic rings. The average Bonchev–Trinajstić information content (AvgIpc) is 2.73. The van der Waals surface area contributed by atoms with Crippen molar-refractivity contribution in [1.29, 1.82) is 0 Å². The maximum Gasteiger partial charge on any atom is 0.240 e. The Labute approximate surface area is 127 Å².